The molecule has 2 atom stereocenters. The van der Waals surface area contributed by atoms with Crippen molar-refractivity contribution in [3.63, 3.8) is 0 Å². The average molecular weight is 251 g/mol. The first-order valence-electron chi connectivity index (χ1n) is 6.29. The minimum absolute atomic E-state index is 0.0612. The number of anilines is 2. The van der Waals surface area contributed by atoms with Gasteiger partial charge in [-0.2, -0.15) is 0 Å². The fraction of sp³-hybridized carbons (Fsp3) is 0.538. The number of benzene rings is 1. The lowest BCUT2D eigenvalue weighted by Gasteiger charge is -2.25. The van der Waals surface area contributed by atoms with E-state index < -0.39 is 0 Å². The number of rotatable bonds is 5. The maximum atomic E-state index is 8.79. The zero-order chi connectivity index (χ0) is 13.0. The molecular formula is C13H21N3O2. The van der Waals surface area contributed by atoms with Gasteiger partial charge >= 0.3 is 0 Å². The molecule has 5 N–H and O–H groups in total. The molecule has 1 aromatic rings. The molecule has 5 nitrogen and oxygen atoms in total. The first-order chi connectivity index (χ1) is 8.74. The van der Waals surface area contributed by atoms with Crippen LogP contribution in [0.15, 0.2) is 24.3 Å². The third kappa shape index (κ3) is 2.93. The second-order valence-corrected chi connectivity index (χ2v) is 4.59. The highest BCUT2D eigenvalue weighted by Crippen LogP contribution is 2.27. The van der Waals surface area contributed by atoms with Crippen LogP contribution in [0.5, 0.6) is 0 Å². The van der Waals surface area contributed by atoms with Crippen LogP contribution in [0.3, 0.4) is 0 Å². The molecule has 18 heavy (non-hydrogen) atoms. The Morgan fingerprint density at radius 2 is 2.06 bits per heavy atom. The molecule has 2 rings (SSSR count). The van der Waals surface area contributed by atoms with Crippen molar-refractivity contribution in [1.82, 2.24) is 0 Å². The van der Waals surface area contributed by atoms with Crippen LogP contribution < -0.4 is 16.4 Å². The van der Waals surface area contributed by atoms with E-state index in [2.05, 4.69) is 4.90 Å². The van der Waals surface area contributed by atoms with Gasteiger partial charge in [-0.1, -0.05) is 0 Å². The van der Waals surface area contributed by atoms with Crippen molar-refractivity contribution >= 4 is 11.4 Å². The van der Waals surface area contributed by atoms with E-state index in [4.69, 9.17) is 21.3 Å². The molecular weight excluding hydrogens is 230 g/mol. The first kappa shape index (κ1) is 13.1. The molecule has 0 bridgehead atoms. The van der Waals surface area contributed by atoms with Gasteiger partial charge in [0.25, 0.3) is 0 Å². The van der Waals surface area contributed by atoms with E-state index in [1.54, 1.807) is 0 Å². The Kier molecular flexibility index (Phi) is 4.41. The minimum atomic E-state index is 0.0612. The van der Waals surface area contributed by atoms with Crippen LogP contribution in [-0.2, 0) is 4.74 Å². The van der Waals surface area contributed by atoms with Crippen molar-refractivity contribution in [2.75, 3.05) is 36.9 Å². The highest BCUT2D eigenvalue weighted by Gasteiger charge is 2.31. The maximum absolute atomic E-state index is 8.79. The number of nitrogens with two attached hydrogens (primary N) is 2. The molecule has 2 unspecified atom stereocenters. The molecule has 1 saturated heterocycles. The van der Waals surface area contributed by atoms with E-state index in [0.29, 0.717) is 13.2 Å². The number of aliphatic hydroxyl groups is 1. The van der Waals surface area contributed by atoms with Crippen LogP contribution in [0.4, 0.5) is 11.4 Å². The number of nitrogens with zero attached hydrogens (tertiary/aromatic N) is 1. The smallest absolute Gasteiger partial charge is 0.0771 e. The first-order valence-corrected chi connectivity index (χ1v) is 6.29. The molecule has 1 fully saturated rings. The lowest BCUT2D eigenvalue weighted by Crippen LogP contribution is -2.35. The monoisotopic (exact) mass is 251 g/mol. The average Bonchev–Trinajstić information content (AvgIpc) is 2.80. The summed E-state index contributed by atoms with van der Waals surface area (Å²) in [6, 6.07) is 8.09. The highest BCUT2D eigenvalue weighted by atomic mass is 16.5. The van der Waals surface area contributed by atoms with E-state index in [1.807, 2.05) is 24.3 Å². The summed E-state index contributed by atoms with van der Waals surface area (Å²) >= 11 is 0. The molecule has 100 valence electrons. The quantitative estimate of drug-likeness (QED) is 0.650. The molecule has 1 aromatic carbocycles. The van der Waals surface area contributed by atoms with Crippen molar-refractivity contribution in [3.05, 3.63) is 24.3 Å². The van der Waals surface area contributed by atoms with Gasteiger partial charge in [0, 0.05) is 30.5 Å². The van der Waals surface area contributed by atoms with Gasteiger partial charge in [-0.25, -0.2) is 0 Å². The van der Waals surface area contributed by atoms with Gasteiger partial charge < -0.3 is 26.2 Å². The Balaban J connectivity index is 2.04. The number of aliphatic hydroxyl groups excluding tert-OH is 1. The normalized spacial score (nSPS) is 23.6. The summed E-state index contributed by atoms with van der Waals surface area (Å²) in [7, 11) is 0. The van der Waals surface area contributed by atoms with E-state index in [1.165, 1.54) is 0 Å². The van der Waals surface area contributed by atoms with Crippen LogP contribution >= 0.6 is 0 Å². The summed E-state index contributed by atoms with van der Waals surface area (Å²) in [4.78, 5) is 2.25. The number of ether oxygens (including phenoxy) is 1. The van der Waals surface area contributed by atoms with Crippen LogP contribution in [-0.4, -0.2) is 43.6 Å². The van der Waals surface area contributed by atoms with Crippen molar-refractivity contribution in [2.45, 2.75) is 18.6 Å². The van der Waals surface area contributed by atoms with E-state index in [0.717, 1.165) is 24.3 Å². The van der Waals surface area contributed by atoms with E-state index >= 15 is 0 Å². The highest BCUT2D eigenvalue weighted by molar-refractivity contribution is 5.54. The fourth-order valence-corrected chi connectivity index (χ4v) is 2.42. The Hall–Kier alpha value is -1.30. The lowest BCUT2D eigenvalue weighted by molar-refractivity contribution is 0.0396. The number of hydrogen-bond donors (Lipinski definition) is 3. The second-order valence-electron chi connectivity index (χ2n) is 4.59. The molecule has 1 aliphatic heterocycles. The molecule has 0 amide bonds. The van der Waals surface area contributed by atoms with E-state index in [-0.39, 0.29) is 18.8 Å². The summed E-state index contributed by atoms with van der Waals surface area (Å²) in [5.74, 6) is 0. The Morgan fingerprint density at radius 3 is 2.67 bits per heavy atom. The van der Waals surface area contributed by atoms with Crippen LogP contribution in [0.25, 0.3) is 0 Å². The Bertz CT molecular complexity index is 369. The lowest BCUT2D eigenvalue weighted by atomic mass is 10.2. The summed E-state index contributed by atoms with van der Waals surface area (Å²) in [5, 5.41) is 8.79. The third-order valence-corrected chi connectivity index (χ3v) is 3.32. The zero-order valence-corrected chi connectivity index (χ0v) is 10.5. The second kappa shape index (κ2) is 6.04. The SMILES string of the molecule is NCC1CC(OCCO)CN1c1ccc(N)cc1. The van der Waals surface area contributed by atoms with Gasteiger partial charge in [0.05, 0.1) is 19.3 Å². The van der Waals surface area contributed by atoms with Crippen molar-refractivity contribution in [1.29, 1.82) is 0 Å². The topological polar surface area (TPSA) is 84.7 Å². The van der Waals surface area contributed by atoms with Gasteiger partial charge in [0.1, 0.15) is 0 Å². The summed E-state index contributed by atoms with van der Waals surface area (Å²) in [6.45, 7) is 1.86. The predicted molar refractivity (Wildman–Crippen MR) is 72.5 cm³/mol. The summed E-state index contributed by atoms with van der Waals surface area (Å²) in [6.07, 6.45) is 1.05. The largest absolute Gasteiger partial charge is 0.399 e. The molecule has 0 spiro atoms. The van der Waals surface area contributed by atoms with Crippen LogP contribution in [0.2, 0.25) is 0 Å². The molecule has 1 aliphatic rings. The summed E-state index contributed by atoms with van der Waals surface area (Å²) in [5.41, 5.74) is 13.4. The van der Waals surface area contributed by atoms with Gasteiger partial charge in [0.15, 0.2) is 0 Å². The minimum Gasteiger partial charge on any atom is -0.399 e. The Labute approximate surface area is 107 Å². The van der Waals surface area contributed by atoms with Gasteiger partial charge in [-0.15, -0.1) is 0 Å². The third-order valence-electron chi connectivity index (χ3n) is 3.32. The van der Waals surface area contributed by atoms with Crippen LogP contribution in [0, 0.1) is 0 Å². The number of hydrogen-bond acceptors (Lipinski definition) is 5. The zero-order valence-electron chi connectivity index (χ0n) is 10.5. The molecule has 0 aliphatic carbocycles. The summed E-state index contributed by atoms with van der Waals surface area (Å²) < 4.78 is 5.59. The standard InChI is InChI=1S/C13H21N3O2/c14-8-12-7-13(18-6-5-17)9-16(12)11-3-1-10(15)2-4-11/h1-4,12-13,17H,5-9,14-15H2. The van der Waals surface area contributed by atoms with Crippen molar-refractivity contribution in [2.24, 2.45) is 5.73 Å². The molecule has 1 heterocycles. The predicted octanol–water partition coefficient (Wildman–Crippen LogP) is 0.184. The molecule has 0 saturated carbocycles. The van der Waals surface area contributed by atoms with Gasteiger partial charge in [-0.3, -0.25) is 0 Å². The number of nitrogen functional groups attached to an aromatic ring is 1. The maximum Gasteiger partial charge on any atom is 0.0771 e. The molecule has 0 aromatic heterocycles. The van der Waals surface area contributed by atoms with Crippen molar-refractivity contribution in [3.8, 4) is 0 Å². The molecule has 5 heteroatoms. The molecule has 0 radical (unpaired) electrons. The Morgan fingerprint density at radius 1 is 1.33 bits per heavy atom. The van der Waals surface area contributed by atoms with Crippen molar-refractivity contribution < 1.29 is 9.84 Å². The van der Waals surface area contributed by atoms with E-state index in [9.17, 15) is 0 Å². The van der Waals surface area contributed by atoms with Gasteiger partial charge in [0.2, 0.25) is 0 Å². The van der Waals surface area contributed by atoms with Crippen LogP contribution in [0.1, 0.15) is 6.42 Å². The van der Waals surface area contributed by atoms with Gasteiger partial charge in [-0.05, 0) is 30.7 Å². The fourth-order valence-electron chi connectivity index (χ4n) is 2.42.